The van der Waals surface area contributed by atoms with Gasteiger partial charge in [0.1, 0.15) is 18.2 Å². The molecule has 6 rings (SSSR count). The monoisotopic (exact) mass is 642 g/mol. The maximum absolute atomic E-state index is 15.1. The van der Waals surface area contributed by atoms with E-state index in [0.29, 0.717) is 18.6 Å². The van der Waals surface area contributed by atoms with Crippen molar-refractivity contribution in [1.29, 1.82) is 0 Å². The molecule has 0 aliphatic carbocycles. The molecule has 46 heavy (non-hydrogen) atoms. The average molecular weight is 643 g/mol. The van der Waals surface area contributed by atoms with Crippen molar-refractivity contribution < 1.29 is 19.5 Å². The number of nitrogens with zero attached hydrogens (tertiary/aromatic N) is 6. The number of rotatable bonds is 13. The van der Waals surface area contributed by atoms with Gasteiger partial charge in [-0.05, 0) is 36.5 Å². The molecular weight excluding hydrogens is 600 g/mol. The summed E-state index contributed by atoms with van der Waals surface area (Å²) in [6.07, 6.45) is 4.90. The highest BCUT2D eigenvalue weighted by molar-refractivity contribution is 8.02. The van der Waals surface area contributed by atoms with Gasteiger partial charge in [-0.15, -0.1) is 30.0 Å². The Morgan fingerprint density at radius 2 is 1.78 bits per heavy atom. The van der Waals surface area contributed by atoms with Crippen molar-refractivity contribution in [2.24, 2.45) is 17.8 Å². The molecular formula is C35H42N6O4S. The van der Waals surface area contributed by atoms with Crippen LogP contribution in [0, 0.1) is 17.8 Å². The topological polar surface area (TPSA) is 112 Å². The highest BCUT2D eigenvalue weighted by Gasteiger charge is 2.77. The van der Waals surface area contributed by atoms with Crippen molar-refractivity contribution in [2.75, 3.05) is 26.2 Å². The number of aromatic nitrogens is 3. The smallest absolute Gasteiger partial charge is 0.248 e. The van der Waals surface area contributed by atoms with Crippen LogP contribution in [0.3, 0.4) is 0 Å². The van der Waals surface area contributed by atoms with E-state index in [1.54, 1.807) is 43.3 Å². The molecule has 1 N–H and O–H groups in total. The fraction of sp³-hybridized carbons (Fsp3) is 0.457. The molecule has 3 aliphatic heterocycles. The van der Waals surface area contributed by atoms with E-state index in [2.05, 4.69) is 30.4 Å². The maximum Gasteiger partial charge on any atom is 0.248 e. The Balaban J connectivity index is 1.46. The molecule has 0 radical (unpaired) electrons. The molecule has 242 valence electrons. The molecule has 3 fully saturated rings. The molecule has 1 aromatic heterocycles. The minimum Gasteiger partial charge on any atom is -0.394 e. The van der Waals surface area contributed by atoms with E-state index in [0.717, 1.165) is 23.9 Å². The van der Waals surface area contributed by atoms with E-state index in [9.17, 15) is 14.7 Å². The number of para-hydroxylation sites is 1. The third-order valence-electron chi connectivity index (χ3n) is 9.94. The van der Waals surface area contributed by atoms with Crippen molar-refractivity contribution in [3.8, 4) is 0 Å². The molecule has 1 spiro atoms. The number of fused-ring (bicyclic) bond motifs is 2. The van der Waals surface area contributed by atoms with E-state index in [4.69, 9.17) is 0 Å². The standard InChI is InChI=1S/C35H42N6O4S/c1-5-17-38(18-6-2)32(43)29-28-20-23(4)35(46-28)30(29)33(44)41(27(21-42)24-13-9-8-10-14-24)31(35)34(45)39(19-7-3)22-40-26-16-12-11-15-25(26)36-37-40/h5,7-16,23,27-31,42H,1,3,6,17-22H2,2,4H3/t23?,27-,28-,29+,30+,31?,35?/m1/s1. The lowest BCUT2D eigenvalue weighted by Crippen LogP contribution is -2.58. The van der Waals surface area contributed by atoms with Crippen LogP contribution in [0.15, 0.2) is 79.9 Å². The third kappa shape index (κ3) is 5.04. The van der Waals surface area contributed by atoms with Crippen LogP contribution in [-0.4, -0.2) is 94.8 Å². The minimum atomic E-state index is -0.918. The van der Waals surface area contributed by atoms with Crippen molar-refractivity contribution in [3.05, 3.63) is 85.5 Å². The van der Waals surface area contributed by atoms with Gasteiger partial charge in [0.25, 0.3) is 0 Å². The van der Waals surface area contributed by atoms with Gasteiger partial charge in [0.2, 0.25) is 17.7 Å². The number of amides is 3. The molecule has 3 aliphatic rings. The highest BCUT2D eigenvalue weighted by Crippen LogP contribution is 2.69. The van der Waals surface area contributed by atoms with Gasteiger partial charge in [0, 0.05) is 24.9 Å². The van der Waals surface area contributed by atoms with E-state index >= 15 is 4.79 Å². The Bertz CT molecular complexity index is 1630. The number of carbonyl (C=O) groups is 3. The molecule has 0 saturated carbocycles. The van der Waals surface area contributed by atoms with E-state index in [1.807, 2.05) is 61.5 Å². The summed E-state index contributed by atoms with van der Waals surface area (Å²) in [6.45, 7) is 12.8. The van der Waals surface area contributed by atoms with Gasteiger partial charge in [-0.1, -0.05) is 73.7 Å². The minimum absolute atomic E-state index is 0.0219. The number of likely N-dealkylation sites (tertiary alicyclic amines) is 1. The highest BCUT2D eigenvalue weighted by atomic mass is 32.2. The summed E-state index contributed by atoms with van der Waals surface area (Å²) in [4.78, 5) is 49.4. The third-order valence-corrected chi connectivity index (χ3v) is 12.0. The first-order chi connectivity index (χ1) is 22.3. The van der Waals surface area contributed by atoms with Crippen molar-refractivity contribution >= 4 is 40.5 Å². The van der Waals surface area contributed by atoms with Crippen LogP contribution in [-0.2, 0) is 21.1 Å². The lowest BCUT2D eigenvalue weighted by Gasteiger charge is -2.42. The van der Waals surface area contributed by atoms with Gasteiger partial charge >= 0.3 is 0 Å². The zero-order valence-electron chi connectivity index (χ0n) is 26.4. The Morgan fingerprint density at radius 1 is 1.09 bits per heavy atom. The Labute approximate surface area is 274 Å². The van der Waals surface area contributed by atoms with Crippen LogP contribution in [0.1, 0.15) is 38.3 Å². The second kappa shape index (κ2) is 13.0. The predicted octanol–water partition coefficient (Wildman–Crippen LogP) is 3.90. The zero-order valence-corrected chi connectivity index (χ0v) is 27.3. The lowest BCUT2D eigenvalue weighted by atomic mass is 9.65. The van der Waals surface area contributed by atoms with Crippen LogP contribution < -0.4 is 0 Å². The fourth-order valence-corrected chi connectivity index (χ4v) is 10.4. The van der Waals surface area contributed by atoms with E-state index in [-0.39, 0.29) is 48.7 Å². The first-order valence-electron chi connectivity index (χ1n) is 16.1. The SMILES string of the molecule is C=CCN(Cn1nnc2ccccc21)C(=O)C1N([C@H](CO)c2ccccc2)C(=O)[C@@H]2[C@@H](C(=O)N(CC=C)CCC)[C@H]3CC(C)C12S3. The van der Waals surface area contributed by atoms with Gasteiger partial charge in [-0.3, -0.25) is 14.4 Å². The number of thioether (sulfide) groups is 1. The van der Waals surface area contributed by atoms with Crippen LogP contribution in [0.4, 0.5) is 0 Å². The number of aliphatic hydroxyl groups is 1. The maximum atomic E-state index is 15.1. The quantitative estimate of drug-likeness (QED) is 0.282. The molecule has 2 aromatic carbocycles. The zero-order chi connectivity index (χ0) is 32.6. The predicted molar refractivity (Wildman–Crippen MR) is 178 cm³/mol. The molecule has 3 amide bonds. The second-order valence-electron chi connectivity index (χ2n) is 12.5. The average Bonchev–Trinajstić information content (AvgIpc) is 3.79. The molecule has 3 saturated heterocycles. The summed E-state index contributed by atoms with van der Waals surface area (Å²) in [5.74, 6) is -1.85. The van der Waals surface area contributed by atoms with E-state index < -0.39 is 28.7 Å². The van der Waals surface area contributed by atoms with Gasteiger partial charge in [0.05, 0.1) is 34.7 Å². The summed E-state index contributed by atoms with van der Waals surface area (Å²) in [5, 5.41) is 19.4. The number of hydrogen-bond acceptors (Lipinski definition) is 7. The van der Waals surface area contributed by atoms with Crippen molar-refractivity contribution in [1.82, 2.24) is 29.7 Å². The fourth-order valence-electron chi connectivity index (χ4n) is 8.04. The number of aliphatic hydroxyl groups excluding tert-OH is 1. The van der Waals surface area contributed by atoms with Crippen molar-refractivity contribution in [3.63, 3.8) is 0 Å². The van der Waals surface area contributed by atoms with Gasteiger partial charge in [-0.25, -0.2) is 4.68 Å². The second-order valence-corrected chi connectivity index (χ2v) is 14.1. The molecule has 2 bridgehead atoms. The lowest BCUT2D eigenvalue weighted by molar-refractivity contribution is -0.147. The normalized spacial score (nSPS) is 27.1. The summed E-state index contributed by atoms with van der Waals surface area (Å²) < 4.78 is 0.831. The Morgan fingerprint density at radius 3 is 2.48 bits per heavy atom. The molecule has 10 nitrogen and oxygen atoms in total. The van der Waals surface area contributed by atoms with Crippen molar-refractivity contribution in [2.45, 2.75) is 55.4 Å². The first kappa shape index (κ1) is 32.0. The summed E-state index contributed by atoms with van der Waals surface area (Å²) >= 11 is 1.64. The van der Waals surface area contributed by atoms with Gasteiger partial charge in [-0.2, -0.15) is 0 Å². The Kier molecular flexibility index (Phi) is 9.07. The van der Waals surface area contributed by atoms with Crippen LogP contribution in [0.2, 0.25) is 0 Å². The number of benzene rings is 2. The van der Waals surface area contributed by atoms with Crippen LogP contribution in [0.5, 0.6) is 0 Å². The largest absolute Gasteiger partial charge is 0.394 e. The summed E-state index contributed by atoms with van der Waals surface area (Å²) in [7, 11) is 0. The molecule has 3 aromatic rings. The summed E-state index contributed by atoms with van der Waals surface area (Å²) in [6, 6.07) is 15.2. The van der Waals surface area contributed by atoms with E-state index in [1.165, 1.54) is 0 Å². The molecule has 11 heteroatoms. The van der Waals surface area contributed by atoms with Gasteiger partial charge < -0.3 is 19.8 Å². The molecule has 3 unspecified atom stereocenters. The summed E-state index contributed by atoms with van der Waals surface area (Å²) in [5.41, 5.74) is 2.23. The molecule has 4 heterocycles. The number of carbonyl (C=O) groups excluding carboxylic acids is 3. The van der Waals surface area contributed by atoms with Crippen LogP contribution in [0.25, 0.3) is 11.0 Å². The van der Waals surface area contributed by atoms with Gasteiger partial charge in [0.15, 0.2) is 0 Å². The molecule has 7 atom stereocenters. The Hall–Kier alpha value is -3.96. The number of hydrogen-bond donors (Lipinski definition) is 1. The van der Waals surface area contributed by atoms with Crippen LogP contribution >= 0.6 is 11.8 Å². The first-order valence-corrected chi connectivity index (χ1v) is 16.9.